The molecule has 1 amide bonds. The first-order chi connectivity index (χ1) is 11.7. The minimum absolute atomic E-state index is 0.144. The number of rotatable bonds is 6. The summed E-state index contributed by atoms with van der Waals surface area (Å²) in [6.45, 7) is 4.35. The molecule has 7 nitrogen and oxygen atoms in total. The lowest BCUT2D eigenvalue weighted by molar-refractivity contribution is -0.143. The zero-order valence-corrected chi connectivity index (χ0v) is 15.5. The molecule has 8 heteroatoms. The number of hydrogen-bond acceptors (Lipinski definition) is 5. The van der Waals surface area contributed by atoms with Gasteiger partial charge in [-0.1, -0.05) is 13.8 Å². The van der Waals surface area contributed by atoms with E-state index in [1.54, 1.807) is 24.3 Å². The molecular formula is C17H24N2O5S. The second-order valence-corrected chi connectivity index (χ2v) is 8.48. The number of esters is 1. The minimum Gasteiger partial charge on any atom is -0.467 e. The molecule has 1 heterocycles. The van der Waals surface area contributed by atoms with Crippen molar-refractivity contribution in [1.82, 2.24) is 5.32 Å². The molecule has 25 heavy (non-hydrogen) atoms. The average molecular weight is 368 g/mol. The van der Waals surface area contributed by atoms with E-state index < -0.39 is 27.9 Å². The molecule has 1 aromatic rings. The molecule has 0 aromatic heterocycles. The lowest BCUT2D eigenvalue weighted by atomic mass is 10.0. The molecule has 1 fully saturated rings. The summed E-state index contributed by atoms with van der Waals surface area (Å²) < 4.78 is 29.9. The Morgan fingerprint density at radius 3 is 2.36 bits per heavy atom. The van der Waals surface area contributed by atoms with Gasteiger partial charge in [0, 0.05) is 12.1 Å². The van der Waals surface area contributed by atoms with Gasteiger partial charge in [-0.3, -0.25) is 9.10 Å². The van der Waals surface area contributed by atoms with Gasteiger partial charge in [0.1, 0.15) is 6.04 Å². The van der Waals surface area contributed by atoms with Gasteiger partial charge in [-0.25, -0.2) is 13.2 Å². The van der Waals surface area contributed by atoms with Crippen molar-refractivity contribution >= 4 is 27.6 Å². The molecule has 0 bridgehead atoms. The van der Waals surface area contributed by atoms with Gasteiger partial charge >= 0.3 is 5.97 Å². The van der Waals surface area contributed by atoms with Gasteiger partial charge in [-0.2, -0.15) is 0 Å². The molecule has 0 unspecified atom stereocenters. The van der Waals surface area contributed by atoms with E-state index in [2.05, 4.69) is 5.32 Å². The number of amides is 1. The van der Waals surface area contributed by atoms with Crippen LogP contribution in [0.15, 0.2) is 24.3 Å². The van der Waals surface area contributed by atoms with Gasteiger partial charge in [0.25, 0.3) is 5.91 Å². The molecule has 0 radical (unpaired) electrons. The summed E-state index contributed by atoms with van der Waals surface area (Å²) in [7, 11) is -1.96. The summed E-state index contributed by atoms with van der Waals surface area (Å²) >= 11 is 0. The summed E-state index contributed by atoms with van der Waals surface area (Å²) in [5.74, 6) is -0.522. The minimum atomic E-state index is -3.25. The van der Waals surface area contributed by atoms with Crippen molar-refractivity contribution in [3.05, 3.63) is 29.8 Å². The first kappa shape index (κ1) is 19.2. The summed E-state index contributed by atoms with van der Waals surface area (Å²) in [6, 6.07) is 5.61. The number of benzene rings is 1. The maximum absolute atomic E-state index is 12.4. The largest absolute Gasteiger partial charge is 0.467 e. The SMILES string of the molecule is COC(=O)[C@H](CC(C)C)NC(=O)c1ccc(N2CCCS2(=O)=O)cc1. The smallest absolute Gasteiger partial charge is 0.328 e. The van der Waals surface area contributed by atoms with Crippen LogP contribution in [0.1, 0.15) is 37.0 Å². The Balaban J connectivity index is 2.10. The quantitative estimate of drug-likeness (QED) is 0.769. The number of hydrogen-bond donors (Lipinski definition) is 1. The third kappa shape index (κ3) is 4.72. The number of nitrogens with one attached hydrogen (secondary N) is 1. The van der Waals surface area contributed by atoms with Crippen LogP contribution in [0.3, 0.4) is 0 Å². The Bertz CT molecular complexity index is 728. The van der Waals surface area contributed by atoms with Crippen LogP contribution in [0.4, 0.5) is 5.69 Å². The van der Waals surface area contributed by atoms with E-state index in [0.717, 1.165) is 0 Å². The Morgan fingerprint density at radius 2 is 1.88 bits per heavy atom. The second kappa shape index (κ2) is 7.86. The number of sulfonamides is 1. The fraction of sp³-hybridized carbons (Fsp3) is 0.529. The molecule has 1 aromatic carbocycles. The molecule has 1 N–H and O–H groups in total. The molecule has 1 saturated heterocycles. The maximum atomic E-state index is 12.4. The highest BCUT2D eigenvalue weighted by atomic mass is 32.2. The Hall–Kier alpha value is -2.09. The van der Waals surface area contributed by atoms with E-state index in [1.807, 2.05) is 13.8 Å². The van der Waals surface area contributed by atoms with Gasteiger partial charge < -0.3 is 10.1 Å². The third-order valence-corrected chi connectivity index (χ3v) is 5.88. The molecule has 0 spiro atoms. The van der Waals surface area contributed by atoms with Crippen molar-refractivity contribution in [2.24, 2.45) is 5.92 Å². The topological polar surface area (TPSA) is 92.8 Å². The first-order valence-electron chi connectivity index (χ1n) is 8.23. The molecule has 138 valence electrons. The van der Waals surface area contributed by atoms with Crippen molar-refractivity contribution in [3.8, 4) is 0 Å². The number of nitrogens with zero attached hydrogens (tertiary/aromatic N) is 1. The van der Waals surface area contributed by atoms with E-state index in [4.69, 9.17) is 4.74 Å². The fourth-order valence-corrected chi connectivity index (χ4v) is 4.34. The average Bonchev–Trinajstić information content (AvgIpc) is 2.92. The number of ether oxygens (including phenoxy) is 1. The summed E-state index contributed by atoms with van der Waals surface area (Å²) in [5, 5.41) is 2.68. The van der Waals surface area contributed by atoms with Crippen LogP contribution in [0, 0.1) is 5.92 Å². The molecule has 1 aliphatic rings. The van der Waals surface area contributed by atoms with Gasteiger partial charge in [0.2, 0.25) is 10.0 Å². The second-order valence-electron chi connectivity index (χ2n) is 6.47. The van der Waals surface area contributed by atoms with Crippen molar-refractivity contribution in [2.45, 2.75) is 32.7 Å². The Morgan fingerprint density at radius 1 is 1.24 bits per heavy atom. The zero-order chi connectivity index (χ0) is 18.6. The van der Waals surface area contributed by atoms with Crippen molar-refractivity contribution < 1.29 is 22.7 Å². The highest BCUT2D eigenvalue weighted by molar-refractivity contribution is 7.93. The van der Waals surface area contributed by atoms with Crippen LogP contribution in [-0.2, 0) is 19.6 Å². The van der Waals surface area contributed by atoms with Crippen LogP contribution in [0.5, 0.6) is 0 Å². The molecule has 1 aliphatic heterocycles. The van der Waals surface area contributed by atoms with Crippen molar-refractivity contribution in [2.75, 3.05) is 23.7 Å². The maximum Gasteiger partial charge on any atom is 0.328 e. The Kier molecular flexibility index (Phi) is 6.05. The number of carbonyl (C=O) groups is 2. The van der Waals surface area contributed by atoms with Crippen LogP contribution in [0.25, 0.3) is 0 Å². The van der Waals surface area contributed by atoms with Gasteiger partial charge in [-0.15, -0.1) is 0 Å². The summed E-state index contributed by atoms with van der Waals surface area (Å²) in [6.07, 6.45) is 1.07. The van der Waals surface area contributed by atoms with Gasteiger partial charge in [0.15, 0.2) is 0 Å². The van der Waals surface area contributed by atoms with E-state index in [0.29, 0.717) is 30.6 Å². The number of anilines is 1. The van der Waals surface area contributed by atoms with Crippen LogP contribution >= 0.6 is 0 Å². The predicted molar refractivity (Wildman–Crippen MR) is 94.9 cm³/mol. The Labute approximate surface area is 148 Å². The van der Waals surface area contributed by atoms with Crippen LogP contribution in [0.2, 0.25) is 0 Å². The highest BCUT2D eigenvalue weighted by Gasteiger charge is 2.28. The molecule has 0 saturated carbocycles. The monoisotopic (exact) mass is 368 g/mol. The first-order valence-corrected chi connectivity index (χ1v) is 9.84. The van der Waals surface area contributed by atoms with E-state index in [-0.39, 0.29) is 11.7 Å². The molecule has 2 rings (SSSR count). The zero-order valence-electron chi connectivity index (χ0n) is 14.7. The van der Waals surface area contributed by atoms with Crippen LogP contribution in [-0.4, -0.2) is 45.7 Å². The lowest BCUT2D eigenvalue weighted by Gasteiger charge is -2.19. The number of carbonyl (C=O) groups excluding carboxylic acids is 2. The standard InChI is InChI=1S/C17H24N2O5S/c1-12(2)11-15(17(21)24-3)18-16(20)13-5-7-14(8-6-13)19-9-4-10-25(19,22)23/h5-8,12,15H,4,9-11H2,1-3H3,(H,18,20)/t15-/m0/s1. The van der Waals surface area contributed by atoms with Crippen molar-refractivity contribution in [1.29, 1.82) is 0 Å². The normalized spacial score (nSPS) is 17.4. The van der Waals surface area contributed by atoms with E-state index in [1.165, 1.54) is 11.4 Å². The lowest BCUT2D eigenvalue weighted by Crippen LogP contribution is -2.42. The highest BCUT2D eigenvalue weighted by Crippen LogP contribution is 2.24. The van der Waals surface area contributed by atoms with Crippen LogP contribution < -0.4 is 9.62 Å². The summed E-state index contributed by atoms with van der Waals surface area (Å²) in [4.78, 5) is 24.2. The van der Waals surface area contributed by atoms with E-state index >= 15 is 0 Å². The molecular weight excluding hydrogens is 344 g/mol. The van der Waals surface area contributed by atoms with Crippen molar-refractivity contribution in [3.63, 3.8) is 0 Å². The predicted octanol–water partition coefficient (Wildman–Crippen LogP) is 1.54. The molecule has 1 atom stereocenters. The number of methoxy groups -OCH3 is 1. The van der Waals surface area contributed by atoms with Gasteiger partial charge in [-0.05, 0) is 43.0 Å². The molecule has 0 aliphatic carbocycles. The van der Waals surface area contributed by atoms with Gasteiger partial charge in [0.05, 0.1) is 18.6 Å². The third-order valence-electron chi connectivity index (χ3n) is 4.01. The fourth-order valence-electron chi connectivity index (χ4n) is 2.78. The summed E-state index contributed by atoms with van der Waals surface area (Å²) in [5.41, 5.74) is 0.902. The van der Waals surface area contributed by atoms with E-state index in [9.17, 15) is 18.0 Å².